The summed E-state index contributed by atoms with van der Waals surface area (Å²) in [5.74, 6) is -0.0219. The number of hydrogen-bond donors (Lipinski definition) is 0. The molecule has 0 radical (unpaired) electrons. The summed E-state index contributed by atoms with van der Waals surface area (Å²) in [6, 6.07) is 7.05. The first-order chi connectivity index (χ1) is 13.0. The molecule has 1 fully saturated rings. The molecule has 5 nitrogen and oxygen atoms in total. The van der Waals surface area contributed by atoms with Gasteiger partial charge in [-0.1, -0.05) is 19.1 Å². The molecule has 0 bridgehead atoms. The summed E-state index contributed by atoms with van der Waals surface area (Å²) >= 11 is 0. The molecule has 1 amide bonds. The normalized spacial score (nSPS) is 17.5. The van der Waals surface area contributed by atoms with E-state index >= 15 is 0 Å². The van der Waals surface area contributed by atoms with Crippen LogP contribution in [0.4, 0.5) is 8.78 Å². The number of benzene rings is 1. The lowest BCUT2D eigenvalue weighted by Crippen LogP contribution is -2.43. The Hall–Kier alpha value is -2.28. The lowest BCUT2D eigenvalue weighted by Gasteiger charge is -2.32. The molecule has 3 rings (SSSR count). The zero-order valence-electron chi connectivity index (χ0n) is 15.7. The first-order valence-corrected chi connectivity index (χ1v) is 9.34. The van der Waals surface area contributed by atoms with Crippen molar-refractivity contribution in [2.24, 2.45) is 0 Å². The Morgan fingerprint density at radius 1 is 1.33 bits per heavy atom. The van der Waals surface area contributed by atoms with Crippen LogP contribution in [0.15, 0.2) is 30.5 Å². The number of ether oxygens (including phenoxy) is 1. The van der Waals surface area contributed by atoms with E-state index < -0.39 is 6.55 Å². The SMILES string of the molecule is CCCO[C@H]1CCCN(C(=O)c2ccc(-c3cn(C(F)F)nc3C)cc2)C1. The van der Waals surface area contributed by atoms with Crippen molar-refractivity contribution in [1.29, 1.82) is 0 Å². The van der Waals surface area contributed by atoms with Crippen LogP contribution in [0.3, 0.4) is 0 Å². The summed E-state index contributed by atoms with van der Waals surface area (Å²) in [7, 11) is 0. The Kier molecular flexibility index (Phi) is 6.21. The molecule has 1 aromatic carbocycles. The molecule has 7 heteroatoms. The van der Waals surface area contributed by atoms with E-state index in [2.05, 4.69) is 12.0 Å². The Balaban J connectivity index is 1.70. The third kappa shape index (κ3) is 4.53. The van der Waals surface area contributed by atoms with Gasteiger partial charge >= 0.3 is 6.55 Å². The maximum absolute atomic E-state index is 12.8. The van der Waals surface area contributed by atoms with Gasteiger partial charge < -0.3 is 9.64 Å². The van der Waals surface area contributed by atoms with Crippen molar-refractivity contribution >= 4 is 5.91 Å². The molecular formula is C20H25F2N3O2. The number of halogens is 2. The van der Waals surface area contributed by atoms with Crippen LogP contribution in [0.5, 0.6) is 0 Å². The highest BCUT2D eigenvalue weighted by Gasteiger charge is 2.25. The summed E-state index contributed by atoms with van der Waals surface area (Å²) in [4.78, 5) is 14.6. The number of likely N-dealkylation sites (tertiary alicyclic amines) is 1. The first-order valence-electron chi connectivity index (χ1n) is 9.34. The van der Waals surface area contributed by atoms with Crippen molar-refractivity contribution in [3.05, 3.63) is 41.7 Å². The van der Waals surface area contributed by atoms with Gasteiger partial charge in [-0.25, -0.2) is 4.68 Å². The van der Waals surface area contributed by atoms with Crippen molar-refractivity contribution < 1.29 is 18.3 Å². The van der Waals surface area contributed by atoms with Gasteiger partial charge in [0.1, 0.15) is 0 Å². The minimum Gasteiger partial charge on any atom is -0.376 e. The average molecular weight is 377 g/mol. The molecular weight excluding hydrogens is 352 g/mol. The van der Waals surface area contributed by atoms with Gasteiger partial charge in [0, 0.05) is 37.0 Å². The fraction of sp³-hybridized carbons (Fsp3) is 0.500. The van der Waals surface area contributed by atoms with E-state index in [1.165, 1.54) is 6.20 Å². The third-order valence-corrected chi connectivity index (χ3v) is 4.78. The highest BCUT2D eigenvalue weighted by Crippen LogP contribution is 2.25. The van der Waals surface area contributed by atoms with Crippen LogP contribution in [0.1, 0.15) is 48.8 Å². The Labute approximate surface area is 157 Å². The van der Waals surface area contributed by atoms with E-state index in [0.717, 1.165) is 31.4 Å². The van der Waals surface area contributed by atoms with Crippen molar-refractivity contribution in [3.8, 4) is 11.1 Å². The van der Waals surface area contributed by atoms with E-state index in [9.17, 15) is 13.6 Å². The molecule has 1 atom stereocenters. The molecule has 0 unspecified atom stereocenters. The molecule has 0 spiro atoms. The molecule has 2 heterocycles. The molecule has 1 saturated heterocycles. The number of alkyl halides is 2. The summed E-state index contributed by atoms with van der Waals surface area (Å²) in [6.07, 6.45) is 4.31. The fourth-order valence-corrected chi connectivity index (χ4v) is 3.38. The summed E-state index contributed by atoms with van der Waals surface area (Å²) in [5.41, 5.74) is 2.52. The number of carbonyl (C=O) groups is 1. The highest BCUT2D eigenvalue weighted by atomic mass is 19.3. The van der Waals surface area contributed by atoms with Gasteiger partial charge in [0.15, 0.2) is 0 Å². The summed E-state index contributed by atoms with van der Waals surface area (Å²) in [6.45, 7) is 3.15. The average Bonchev–Trinajstić information content (AvgIpc) is 3.08. The van der Waals surface area contributed by atoms with E-state index in [4.69, 9.17) is 4.74 Å². The van der Waals surface area contributed by atoms with Crippen LogP contribution >= 0.6 is 0 Å². The van der Waals surface area contributed by atoms with Crippen LogP contribution in [-0.2, 0) is 4.74 Å². The van der Waals surface area contributed by atoms with Gasteiger partial charge in [-0.2, -0.15) is 13.9 Å². The van der Waals surface area contributed by atoms with E-state index in [0.29, 0.717) is 34.7 Å². The number of nitrogens with zero attached hydrogens (tertiary/aromatic N) is 3. The van der Waals surface area contributed by atoms with Crippen LogP contribution in [0.25, 0.3) is 11.1 Å². The minimum atomic E-state index is -2.67. The van der Waals surface area contributed by atoms with Gasteiger partial charge in [-0.3, -0.25) is 4.79 Å². The number of hydrogen-bond acceptors (Lipinski definition) is 3. The highest BCUT2D eigenvalue weighted by molar-refractivity contribution is 5.94. The van der Waals surface area contributed by atoms with E-state index in [1.807, 2.05) is 4.90 Å². The van der Waals surface area contributed by atoms with Crippen LogP contribution < -0.4 is 0 Å². The van der Waals surface area contributed by atoms with E-state index in [-0.39, 0.29) is 12.0 Å². The number of aryl methyl sites for hydroxylation is 1. The molecule has 0 N–H and O–H groups in total. The zero-order chi connectivity index (χ0) is 19.4. The summed E-state index contributed by atoms with van der Waals surface area (Å²) in [5, 5.41) is 3.83. The smallest absolute Gasteiger partial charge is 0.333 e. The second-order valence-electron chi connectivity index (χ2n) is 6.85. The standard InChI is InChI=1S/C20H25F2N3O2/c1-3-11-27-17-5-4-10-24(12-17)19(26)16-8-6-15(7-9-16)18-13-25(20(21)22)23-14(18)2/h6-9,13,17,20H,3-5,10-12H2,1-2H3/t17-/m0/s1. The molecule has 27 heavy (non-hydrogen) atoms. The van der Waals surface area contributed by atoms with Crippen LogP contribution in [0.2, 0.25) is 0 Å². The predicted octanol–water partition coefficient (Wildman–Crippen LogP) is 4.28. The quantitative estimate of drug-likeness (QED) is 0.755. The second-order valence-corrected chi connectivity index (χ2v) is 6.85. The molecule has 1 aliphatic rings. The number of aromatic nitrogens is 2. The van der Waals surface area contributed by atoms with Crippen molar-refractivity contribution in [2.75, 3.05) is 19.7 Å². The zero-order valence-corrected chi connectivity index (χ0v) is 15.7. The largest absolute Gasteiger partial charge is 0.376 e. The molecule has 0 aliphatic carbocycles. The van der Waals surface area contributed by atoms with Crippen LogP contribution in [-0.4, -0.2) is 46.4 Å². The van der Waals surface area contributed by atoms with Gasteiger partial charge in [-0.05, 0) is 43.9 Å². The molecule has 1 aromatic heterocycles. The topological polar surface area (TPSA) is 47.4 Å². The minimum absolute atomic E-state index is 0.0219. The second kappa shape index (κ2) is 8.61. The van der Waals surface area contributed by atoms with E-state index in [1.54, 1.807) is 31.2 Å². The summed E-state index contributed by atoms with van der Waals surface area (Å²) < 4.78 is 32.0. The van der Waals surface area contributed by atoms with Crippen molar-refractivity contribution in [2.45, 2.75) is 45.8 Å². The monoisotopic (exact) mass is 377 g/mol. The molecule has 146 valence electrons. The molecule has 1 aliphatic heterocycles. The number of amides is 1. The Bertz CT molecular complexity index is 774. The fourth-order valence-electron chi connectivity index (χ4n) is 3.38. The number of piperidine rings is 1. The number of rotatable bonds is 6. The van der Waals surface area contributed by atoms with Gasteiger partial charge in [-0.15, -0.1) is 0 Å². The maximum atomic E-state index is 12.8. The predicted molar refractivity (Wildman–Crippen MR) is 98.8 cm³/mol. The van der Waals surface area contributed by atoms with Crippen molar-refractivity contribution in [1.82, 2.24) is 14.7 Å². The van der Waals surface area contributed by atoms with Gasteiger partial charge in [0.2, 0.25) is 0 Å². The lowest BCUT2D eigenvalue weighted by molar-refractivity contribution is 0.00211. The van der Waals surface area contributed by atoms with Gasteiger partial charge in [0.25, 0.3) is 5.91 Å². The third-order valence-electron chi connectivity index (χ3n) is 4.78. The Morgan fingerprint density at radius 2 is 2.07 bits per heavy atom. The Morgan fingerprint density at radius 3 is 2.70 bits per heavy atom. The lowest BCUT2D eigenvalue weighted by atomic mass is 10.0. The maximum Gasteiger partial charge on any atom is 0.333 e. The molecule has 2 aromatic rings. The van der Waals surface area contributed by atoms with Crippen molar-refractivity contribution in [3.63, 3.8) is 0 Å². The molecule has 0 saturated carbocycles. The number of carbonyl (C=O) groups excluding carboxylic acids is 1. The van der Waals surface area contributed by atoms with Gasteiger partial charge in [0.05, 0.1) is 11.8 Å². The van der Waals surface area contributed by atoms with Crippen LogP contribution in [0, 0.1) is 6.92 Å². The first kappa shape index (κ1) is 19.5.